The number of benzene rings is 3. The molecular weight excluding hydrogens is 414 g/mol. The van der Waals surface area contributed by atoms with Gasteiger partial charge in [-0.1, -0.05) is 23.5 Å². The van der Waals surface area contributed by atoms with Gasteiger partial charge < -0.3 is 9.84 Å². The van der Waals surface area contributed by atoms with Gasteiger partial charge in [-0.25, -0.2) is 9.98 Å². The van der Waals surface area contributed by atoms with Crippen molar-refractivity contribution in [1.29, 1.82) is 0 Å². The number of non-ortho nitro benzene ring substituents is 1. The highest BCUT2D eigenvalue weighted by molar-refractivity contribution is 7.19. The molecule has 0 aliphatic heterocycles. The summed E-state index contributed by atoms with van der Waals surface area (Å²) in [5.41, 5.74) is 3.00. The van der Waals surface area contributed by atoms with Crippen LogP contribution in [0.3, 0.4) is 0 Å². The number of methoxy groups -OCH3 is 1. The first-order valence-electron chi connectivity index (χ1n) is 9.27. The normalized spacial score (nSPS) is 11.0. The van der Waals surface area contributed by atoms with Crippen LogP contribution < -0.4 is 4.74 Å². The largest absolute Gasteiger partial charge is 0.507 e. The van der Waals surface area contributed by atoms with Crippen LogP contribution in [-0.2, 0) is 0 Å². The summed E-state index contributed by atoms with van der Waals surface area (Å²) in [5, 5.41) is 21.4. The maximum absolute atomic E-state index is 11.0. The molecule has 1 heterocycles. The van der Waals surface area contributed by atoms with E-state index in [1.807, 2.05) is 30.3 Å². The topological polar surface area (TPSA) is 97.9 Å². The Bertz CT molecular complexity index is 1250. The zero-order chi connectivity index (χ0) is 21.8. The molecule has 7 nitrogen and oxygen atoms in total. The van der Waals surface area contributed by atoms with E-state index in [1.165, 1.54) is 23.5 Å². The third-order valence-corrected chi connectivity index (χ3v) is 5.58. The van der Waals surface area contributed by atoms with Gasteiger partial charge in [0.25, 0.3) is 5.69 Å². The fraction of sp³-hybridized carbons (Fsp3) is 0.0435. The number of rotatable bonds is 6. The van der Waals surface area contributed by atoms with E-state index >= 15 is 0 Å². The number of nitrogens with zero attached hydrogens (tertiary/aromatic N) is 3. The van der Waals surface area contributed by atoms with Crippen LogP contribution in [0.2, 0.25) is 0 Å². The molecule has 0 saturated heterocycles. The van der Waals surface area contributed by atoms with E-state index in [2.05, 4.69) is 9.98 Å². The molecule has 0 aliphatic carbocycles. The lowest BCUT2D eigenvalue weighted by Crippen LogP contribution is -1.88. The summed E-state index contributed by atoms with van der Waals surface area (Å²) < 4.78 is 5.23. The predicted octanol–water partition coefficient (Wildman–Crippen LogP) is 5.85. The molecule has 1 N–H and O–H groups in total. The van der Waals surface area contributed by atoms with Gasteiger partial charge in [-0.05, 0) is 54.1 Å². The van der Waals surface area contributed by atoms with Gasteiger partial charge in [-0.15, -0.1) is 0 Å². The first-order chi connectivity index (χ1) is 15.0. The van der Waals surface area contributed by atoms with Crippen LogP contribution in [0.5, 0.6) is 11.5 Å². The zero-order valence-electron chi connectivity index (χ0n) is 16.4. The lowest BCUT2D eigenvalue weighted by Gasteiger charge is -2.04. The fourth-order valence-electron chi connectivity index (χ4n) is 2.96. The van der Waals surface area contributed by atoms with Crippen LogP contribution in [0.1, 0.15) is 5.56 Å². The summed E-state index contributed by atoms with van der Waals surface area (Å²) in [6, 6.07) is 20.7. The summed E-state index contributed by atoms with van der Waals surface area (Å²) in [6.07, 6.45) is 1.56. The minimum Gasteiger partial charge on any atom is -0.507 e. The molecule has 4 aromatic rings. The minimum atomic E-state index is -0.428. The van der Waals surface area contributed by atoms with Crippen molar-refractivity contribution >= 4 is 28.4 Å². The third-order valence-electron chi connectivity index (χ3n) is 4.57. The van der Waals surface area contributed by atoms with E-state index in [0.717, 1.165) is 21.8 Å². The number of hydrogen-bond donors (Lipinski definition) is 1. The number of aliphatic imine (C=N–C) groups is 1. The summed E-state index contributed by atoms with van der Waals surface area (Å²) in [5.74, 6) is 0.863. The highest BCUT2D eigenvalue weighted by Gasteiger charge is 2.16. The molecule has 0 bridgehead atoms. The van der Waals surface area contributed by atoms with Gasteiger partial charge in [-0.3, -0.25) is 10.1 Å². The molecule has 0 unspecified atom stereocenters. The van der Waals surface area contributed by atoms with Crippen molar-refractivity contribution < 1.29 is 14.8 Å². The summed E-state index contributed by atoms with van der Waals surface area (Å²) in [4.78, 5) is 20.5. The summed E-state index contributed by atoms with van der Waals surface area (Å²) in [6.45, 7) is 0. The second-order valence-electron chi connectivity index (χ2n) is 6.52. The van der Waals surface area contributed by atoms with E-state index in [9.17, 15) is 15.2 Å². The molecule has 31 heavy (non-hydrogen) atoms. The summed E-state index contributed by atoms with van der Waals surface area (Å²) in [7, 11) is 1.60. The van der Waals surface area contributed by atoms with Crippen LogP contribution in [-0.4, -0.2) is 28.3 Å². The third kappa shape index (κ3) is 4.44. The number of nitro groups is 1. The highest BCUT2D eigenvalue weighted by Crippen LogP contribution is 2.41. The standard InChI is InChI=1S/C23H17N3O4S/c1-30-19-12-8-15(9-13-19)21-22(16-6-10-18(11-7-16)26(28)29)31-23(25-21)24-14-17-4-2-3-5-20(17)27/h2-14,27H,1H3. The zero-order valence-corrected chi connectivity index (χ0v) is 17.2. The SMILES string of the molecule is COc1ccc(-c2nc(N=Cc3ccccc3O)sc2-c2ccc([N+](=O)[O-])cc2)cc1. The number of phenolic OH excluding ortho intramolecular Hbond substituents is 1. The monoisotopic (exact) mass is 431 g/mol. The Morgan fingerprint density at radius 1 is 1.03 bits per heavy atom. The van der Waals surface area contributed by atoms with Gasteiger partial charge in [0.15, 0.2) is 0 Å². The number of aromatic nitrogens is 1. The quantitative estimate of drug-likeness (QED) is 0.235. The van der Waals surface area contributed by atoms with Gasteiger partial charge in [0.1, 0.15) is 11.5 Å². The van der Waals surface area contributed by atoms with Crippen LogP contribution in [0.25, 0.3) is 21.7 Å². The summed E-state index contributed by atoms with van der Waals surface area (Å²) >= 11 is 1.36. The first-order valence-corrected chi connectivity index (χ1v) is 10.1. The Hall–Kier alpha value is -4.04. The molecule has 0 radical (unpaired) electrons. The highest BCUT2D eigenvalue weighted by atomic mass is 32.1. The fourth-order valence-corrected chi connectivity index (χ4v) is 3.90. The molecule has 0 amide bonds. The maximum atomic E-state index is 11.0. The molecule has 154 valence electrons. The van der Waals surface area contributed by atoms with Crippen molar-refractivity contribution in [2.45, 2.75) is 0 Å². The van der Waals surface area contributed by atoms with Crippen molar-refractivity contribution in [3.63, 3.8) is 0 Å². The number of thiazole rings is 1. The molecule has 0 fully saturated rings. The molecule has 3 aromatic carbocycles. The predicted molar refractivity (Wildman–Crippen MR) is 122 cm³/mol. The lowest BCUT2D eigenvalue weighted by atomic mass is 10.1. The smallest absolute Gasteiger partial charge is 0.269 e. The second kappa shape index (κ2) is 8.76. The average molecular weight is 431 g/mol. The number of aromatic hydroxyl groups is 1. The van der Waals surface area contributed by atoms with Gasteiger partial charge in [0.2, 0.25) is 5.13 Å². The second-order valence-corrected chi connectivity index (χ2v) is 7.50. The molecule has 0 atom stereocenters. The Labute approximate surface area is 182 Å². The van der Waals surface area contributed by atoms with Crippen LogP contribution >= 0.6 is 11.3 Å². The lowest BCUT2D eigenvalue weighted by molar-refractivity contribution is -0.384. The van der Waals surface area contributed by atoms with Crippen LogP contribution in [0, 0.1) is 10.1 Å². The Balaban J connectivity index is 1.77. The van der Waals surface area contributed by atoms with Gasteiger partial charge in [-0.2, -0.15) is 0 Å². The first kappa shape index (κ1) is 20.2. The van der Waals surface area contributed by atoms with Crippen molar-refractivity contribution in [3.8, 4) is 33.2 Å². The van der Waals surface area contributed by atoms with Crippen molar-refractivity contribution in [1.82, 2.24) is 4.98 Å². The molecular formula is C23H17N3O4S. The molecule has 8 heteroatoms. The average Bonchev–Trinajstić information content (AvgIpc) is 3.23. The molecule has 4 rings (SSSR count). The Kier molecular flexibility index (Phi) is 5.72. The van der Waals surface area contributed by atoms with Gasteiger partial charge >= 0.3 is 0 Å². The van der Waals surface area contributed by atoms with Crippen LogP contribution in [0.15, 0.2) is 77.8 Å². The maximum Gasteiger partial charge on any atom is 0.269 e. The number of para-hydroxylation sites is 1. The van der Waals surface area contributed by atoms with E-state index in [-0.39, 0.29) is 11.4 Å². The van der Waals surface area contributed by atoms with E-state index in [4.69, 9.17) is 4.74 Å². The van der Waals surface area contributed by atoms with Gasteiger partial charge in [0.05, 0.1) is 22.6 Å². The molecule has 0 spiro atoms. The van der Waals surface area contributed by atoms with Crippen molar-refractivity contribution in [2.75, 3.05) is 7.11 Å². The number of nitro benzene ring substituents is 1. The molecule has 1 aromatic heterocycles. The minimum absolute atomic E-state index is 0.0251. The van der Waals surface area contributed by atoms with E-state index in [1.54, 1.807) is 43.7 Å². The molecule has 0 saturated carbocycles. The van der Waals surface area contributed by atoms with Crippen molar-refractivity contribution in [2.24, 2.45) is 4.99 Å². The van der Waals surface area contributed by atoms with E-state index < -0.39 is 4.92 Å². The van der Waals surface area contributed by atoms with E-state index in [0.29, 0.717) is 16.4 Å². The number of phenols is 1. The Morgan fingerprint density at radius 2 is 1.71 bits per heavy atom. The molecule has 0 aliphatic rings. The van der Waals surface area contributed by atoms with Gasteiger partial charge in [0, 0.05) is 29.5 Å². The number of hydrogen-bond acceptors (Lipinski definition) is 7. The Morgan fingerprint density at radius 3 is 2.35 bits per heavy atom. The van der Waals surface area contributed by atoms with Crippen LogP contribution in [0.4, 0.5) is 10.8 Å². The van der Waals surface area contributed by atoms with Crippen molar-refractivity contribution in [3.05, 3.63) is 88.5 Å². The number of ether oxygens (including phenoxy) is 1.